The van der Waals surface area contributed by atoms with Gasteiger partial charge in [0, 0.05) is 12.1 Å². The highest BCUT2D eigenvalue weighted by atomic mass is 32.1. The number of H-pyrrole nitrogens is 1. The van der Waals surface area contributed by atoms with Crippen molar-refractivity contribution in [1.29, 1.82) is 0 Å². The summed E-state index contributed by atoms with van der Waals surface area (Å²) in [6, 6.07) is 1.54. The number of aromatic nitrogens is 2. The van der Waals surface area contributed by atoms with Crippen LogP contribution in [0.4, 0.5) is 4.39 Å². The summed E-state index contributed by atoms with van der Waals surface area (Å²) in [7, 11) is 0. The third-order valence-electron chi connectivity index (χ3n) is 1.17. The average Bonchev–Trinajstić information content (AvgIpc) is 1.98. The van der Waals surface area contributed by atoms with Crippen molar-refractivity contribution >= 4 is 12.2 Å². The molecule has 0 atom stereocenters. The highest BCUT2D eigenvalue weighted by Gasteiger charge is 1.95. The predicted molar refractivity (Wildman–Crippen MR) is 43.3 cm³/mol. The zero-order valence-corrected chi connectivity index (χ0v) is 6.62. The normalized spacial score (nSPS) is 9.55. The molecule has 58 valence electrons. The number of halogens is 1. The van der Waals surface area contributed by atoms with Gasteiger partial charge in [-0.15, -0.1) is 11.7 Å². The van der Waals surface area contributed by atoms with Crippen LogP contribution < -0.4 is 0 Å². The number of nitrogens with one attached hydrogen (secondary N) is 1. The maximum absolute atomic E-state index is 12.5. The lowest BCUT2D eigenvalue weighted by Crippen LogP contribution is -1.94. The number of nitrogens with zero attached hydrogens (tertiary/aromatic N) is 1. The van der Waals surface area contributed by atoms with E-state index in [9.17, 15) is 4.39 Å². The van der Waals surface area contributed by atoms with E-state index in [4.69, 9.17) is 0 Å². The van der Waals surface area contributed by atoms with E-state index in [-0.39, 0.29) is 4.51 Å². The average molecular weight is 170 g/mol. The molecule has 1 rings (SSSR count). The van der Waals surface area contributed by atoms with Gasteiger partial charge in [-0.05, 0) is 6.07 Å². The molecule has 0 spiro atoms. The van der Waals surface area contributed by atoms with E-state index in [0.29, 0.717) is 6.42 Å². The molecule has 1 N–H and O–H groups in total. The summed E-state index contributed by atoms with van der Waals surface area (Å²) in [6.07, 6.45) is 2.32. The minimum Gasteiger partial charge on any atom is -0.279 e. The highest BCUT2D eigenvalue weighted by Crippen LogP contribution is 1.99. The topological polar surface area (TPSA) is 28.7 Å². The minimum absolute atomic E-state index is 0.139. The largest absolute Gasteiger partial charge is 0.279 e. The molecule has 1 aromatic rings. The Hall–Kier alpha value is -1.03. The molecular formula is C7H7FN2S. The maximum atomic E-state index is 12.5. The Bertz CT molecular complexity index is 318. The molecule has 0 fully saturated rings. The molecule has 0 saturated carbocycles. The highest BCUT2D eigenvalue weighted by molar-refractivity contribution is 7.71. The van der Waals surface area contributed by atoms with Crippen molar-refractivity contribution < 1.29 is 4.39 Å². The van der Waals surface area contributed by atoms with Crippen LogP contribution in [-0.2, 0) is 6.42 Å². The van der Waals surface area contributed by atoms with Crippen LogP contribution in [0.25, 0.3) is 0 Å². The van der Waals surface area contributed by atoms with Gasteiger partial charge in [-0.3, -0.25) is 5.10 Å². The van der Waals surface area contributed by atoms with E-state index in [2.05, 4.69) is 29.0 Å². The minimum atomic E-state index is -0.632. The monoisotopic (exact) mass is 170 g/mol. The summed E-state index contributed by atoms with van der Waals surface area (Å²) in [4.78, 5) is 0. The first-order chi connectivity index (χ1) is 5.24. The Labute approximate surface area is 68.8 Å². The summed E-state index contributed by atoms with van der Waals surface area (Å²) in [5, 5.41) is 5.87. The molecule has 0 aliphatic rings. The van der Waals surface area contributed by atoms with Crippen molar-refractivity contribution in [2.45, 2.75) is 6.42 Å². The van der Waals surface area contributed by atoms with E-state index in [1.807, 2.05) is 0 Å². The van der Waals surface area contributed by atoms with Crippen molar-refractivity contribution in [2.24, 2.45) is 0 Å². The summed E-state index contributed by atoms with van der Waals surface area (Å²) >= 11 is 4.66. The number of allylic oxidation sites excluding steroid dienone is 1. The van der Waals surface area contributed by atoms with Crippen molar-refractivity contribution in [3.8, 4) is 0 Å². The molecule has 0 aromatic carbocycles. The zero-order chi connectivity index (χ0) is 8.27. The number of hydrogen-bond acceptors (Lipinski definition) is 2. The molecule has 2 nitrogen and oxygen atoms in total. The smallest absolute Gasteiger partial charge is 0.248 e. The fourth-order valence-electron chi connectivity index (χ4n) is 0.686. The lowest BCUT2D eigenvalue weighted by atomic mass is 10.3. The van der Waals surface area contributed by atoms with Gasteiger partial charge in [0.1, 0.15) is 0 Å². The van der Waals surface area contributed by atoms with Crippen molar-refractivity contribution in [1.82, 2.24) is 10.2 Å². The van der Waals surface area contributed by atoms with Gasteiger partial charge < -0.3 is 0 Å². The fourth-order valence-corrected chi connectivity index (χ4v) is 0.874. The van der Waals surface area contributed by atoms with Crippen LogP contribution >= 0.6 is 12.2 Å². The summed E-state index contributed by atoms with van der Waals surface area (Å²) in [5.41, 5.74) is 0.770. The SMILES string of the molecule is C=CCc1cc(=S)c(F)n[nH]1. The Kier molecular flexibility index (Phi) is 2.48. The van der Waals surface area contributed by atoms with Crippen LogP contribution in [0.1, 0.15) is 5.69 Å². The molecule has 1 heterocycles. The Morgan fingerprint density at radius 2 is 2.55 bits per heavy atom. The molecule has 0 radical (unpaired) electrons. The lowest BCUT2D eigenvalue weighted by molar-refractivity contribution is 0.555. The van der Waals surface area contributed by atoms with E-state index >= 15 is 0 Å². The first-order valence-corrected chi connectivity index (χ1v) is 3.50. The van der Waals surface area contributed by atoms with Gasteiger partial charge in [-0.1, -0.05) is 18.3 Å². The third-order valence-corrected chi connectivity index (χ3v) is 1.46. The second-order valence-electron chi connectivity index (χ2n) is 2.04. The van der Waals surface area contributed by atoms with Gasteiger partial charge in [0.05, 0.1) is 4.51 Å². The first kappa shape index (κ1) is 8.07. The standard InChI is InChI=1S/C7H7FN2S/c1-2-3-5-4-6(11)7(8)10-9-5/h2,4H,1,3H2,(H,9,11). The summed E-state index contributed by atoms with van der Waals surface area (Å²) in [6.45, 7) is 3.53. The van der Waals surface area contributed by atoms with Crippen LogP contribution in [0.2, 0.25) is 0 Å². The van der Waals surface area contributed by atoms with Gasteiger partial charge in [-0.2, -0.15) is 4.39 Å². The second-order valence-corrected chi connectivity index (χ2v) is 2.48. The first-order valence-electron chi connectivity index (χ1n) is 3.09. The van der Waals surface area contributed by atoms with Crippen molar-refractivity contribution in [3.05, 3.63) is 34.9 Å². The van der Waals surface area contributed by atoms with E-state index < -0.39 is 5.95 Å². The van der Waals surface area contributed by atoms with Crippen LogP contribution in [0.15, 0.2) is 18.7 Å². The molecule has 11 heavy (non-hydrogen) atoms. The molecule has 1 aromatic heterocycles. The molecule has 0 aliphatic carbocycles. The predicted octanol–water partition coefficient (Wildman–Crippen LogP) is 2.01. The lowest BCUT2D eigenvalue weighted by Gasteiger charge is -1.94. The van der Waals surface area contributed by atoms with Gasteiger partial charge >= 0.3 is 0 Å². The van der Waals surface area contributed by atoms with Gasteiger partial charge in [0.15, 0.2) is 0 Å². The summed E-state index contributed by atoms with van der Waals surface area (Å²) in [5.74, 6) is -0.632. The van der Waals surface area contributed by atoms with Crippen molar-refractivity contribution in [3.63, 3.8) is 0 Å². The van der Waals surface area contributed by atoms with Crippen LogP contribution in [0, 0.1) is 10.5 Å². The van der Waals surface area contributed by atoms with E-state index in [1.54, 1.807) is 12.1 Å². The molecule has 4 heteroatoms. The van der Waals surface area contributed by atoms with Crippen LogP contribution in [0.5, 0.6) is 0 Å². The molecule has 0 bridgehead atoms. The Morgan fingerprint density at radius 1 is 1.82 bits per heavy atom. The number of rotatable bonds is 2. The third kappa shape index (κ3) is 1.94. The van der Waals surface area contributed by atoms with Crippen molar-refractivity contribution in [2.75, 3.05) is 0 Å². The van der Waals surface area contributed by atoms with E-state index in [0.717, 1.165) is 5.69 Å². The quantitative estimate of drug-likeness (QED) is 0.543. The molecule has 0 amide bonds. The van der Waals surface area contributed by atoms with Gasteiger partial charge in [0.2, 0.25) is 5.95 Å². The van der Waals surface area contributed by atoms with Gasteiger partial charge in [0.25, 0.3) is 0 Å². The van der Waals surface area contributed by atoms with Crippen LogP contribution in [0.3, 0.4) is 0 Å². The molecule has 0 aliphatic heterocycles. The molecule has 0 unspecified atom stereocenters. The zero-order valence-electron chi connectivity index (χ0n) is 5.80. The maximum Gasteiger partial charge on any atom is 0.248 e. The van der Waals surface area contributed by atoms with E-state index in [1.165, 1.54) is 0 Å². The number of hydrogen-bond donors (Lipinski definition) is 1. The summed E-state index contributed by atoms with van der Waals surface area (Å²) < 4.78 is 12.6. The van der Waals surface area contributed by atoms with Crippen LogP contribution in [-0.4, -0.2) is 10.2 Å². The fraction of sp³-hybridized carbons (Fsp3) is 0.143. The van der Waals surface area contributed by atoms with Gasteiger partial charge in [-0.25, -0.2) is 0 Å². The number of aromatic amines is 1. The molecular weight excluding hydrogens is 163 g/mol. The Balaban J connectivity index is 3.05. The molecule has 0 saturated heterocycles. The Morgan fingerprint density at radius 3 is 3.09 bits per heavy atom. The second kappa shape index (κ2) is 3.39.